The summed E-state index contributed by atoms with van der Waals surface area (Å²) in [5.41, 5.74) is 3.99. The van der Waals surface area contributed by atoms with E-state index in [0.717, 1.165) is 22.7 Å². The van der Waals surface area contributed by atoms with Gasteiger partial charge in [0.15, 0.2) is 11.5 Å². The van der Waals surface area contributed by atoms with Gasteiger partial charge in [-0.2, -0.15) is 0 Å². The second-order valence-corrected chi connectivity index (χ2v) is 7.25. The Morgan fingerprint density at radius 1 is 1.15 bits per heavy atom. The van der Waals surface area contributed by atoms with Crippen LogP contribution in [-0.4, -0.2) is 39.5 Å². The van der Waals surface area contributed by atoms with Crippen LogP contribution in [0.5, 0.6) is 0 Å². The maximum absolute atomic E-state index is 5.64. The third kappa shape index (κ3) is 3.22. The smallest absolute Gasteiger partial charge is 0.182 e. The van der Waals surface area contributed by atoms with Crippen LogP contribution in [-0.2, 0) is 23.1 Å². The van der Waals surface area contributed by atoms with E-state index in [0.29, 0.717) is 19.8 Å². The molecule has 0 aliphatic rings. The normalized spacial score (nSPS) is 11.7. The quantitative estimate of drug-likeness (QED) is 0.324. The molecular formula is C19H19IN4O2. The molecule has 4 rings (SSSR count). The summed E-state index contributed by atoms with van der Waals surface area (Å²) < 4.78 is 15.9. The fourth-order valence-electron chi connectivity index (χ4n) is 2.99. The summed E-state index contributed by atoms with van der Waals surface area (Å²) >= 11 is 2.36. The van der Waals surface area contributed by atoms with Crippen molar-refractivity contribution in [3.05, 3.63) is 51.9 Å². The van der Waals surface area contributed by atoms with Crippen LogP contribution in [0.3, 0.4) is 0 Å². The van der Waals surface area contributed by atoms with E-state index in [4.69, 9.17) is 19.6 Å². The first-order valence-corrected chi connectivity index (χ1v) is 9.41. The minimum absolute atomic E-state index is 0.471. The lowest BCUT2D eigenvalue weighted by atomic mass is 10.1. The molecule has 0 atom stereocenters. The van der Waals surface area contributed by atoms with Crippen LogP contribution in [0, 0.1) is 3.57 Å². The second kappa shape index (κ2) is 7.34. The number of aromatic nitrogens is 4. The van der Waals surface area contributed by atoms with Gasteiger partial charge in [-0.25, -0.2) is 9.50 Å². The molecule has 26 heavy (non-hydrogen) atoms. The number of halogens is 1. The Labute approximate surface area is 164 Å². The van der Waals surface area contributed by atoms with Gasteiger partial charge in [0.05, 0.1) is 25.5 Å². The molecule has 0 radical (unpaired) electrons. The lowest BCUT2D eigenvalue weighted by Crippen LogP contribution is -2.05. The van der Waals surface area contributed by atoms with E-state index in [9.17, 15) is 0 Å². The molecule has 0 saturated heterocycles. The highest BCUT2D eigenvalue weighted by molar-refractivity contribution is 14.1. The highest BCUT2D eigenvalue weighted by Gasteiger charge is 2.12. The summed E-state index contributed by atoms with van der Waals surface area (Å²) in [6.45, 7) is 1.60. The van der Waals surface area contributed by atoms with Gasteiger partial charge in [0.2, 0.25) is 0 Å². The highest BCUT2D eigenvalue weighted by atomic mass is 127. The standard InChI is InChI=1S/C19H19IN4O2/c1-23-11-16(20)15-10-13(6-7-17(15)23)19-21-18-5-3-4-14(24(18)22-19)12-26-9-8-25-2/h3-7,10-11H,8-9,12H2,1-2H3. The Morgan fingerprint density at radius 2 is 2.04 bits per heavy atom. The Balaban J connectivity index is 1.70. The predicted molar refractivity (Wildman–Crippen MR) is 109 cm³/mol. The molecule has 1 aromatic carbocycles. The van der Waals surface area contributed by atoms with Crippen molar-refractivity contribution >= 4 is 39.1 Å². The number of methoxy groups -OCH3 is 1. The number of aryl methyl sites for hydroxylation is 1. The molecule has 134 valence electrons. The molecular weight excluding hydrogens is 443 g/mol. The van der Waals surface area contributed by atoms with Crippen LogP contribution in [0.1, 0.15) is 5.69 Å². The van der Waals surface area contributed by atoms with Crippen molar-refractivity contribution in [3.63, 3.8) is 0 Å². The highest BCUT2D eigenvalue weighted by Crippen LogP contribution is 2.27. The van der Waals surface area contributed by atoms with Crippen molar-refractivity contribution in [3.8, 4) is 11.4 Å². The fraction of sp³-hybridized carbons (Fsp3) is 0.263. The SMILES string of the molecule is COCCOCc1cccc2nc(-c3ccc4c(c3)c(I)cn4C)nn12. The first-order valence-electron chi connectivity index (χ1n) is 8.33. The molecule has 0 saturated carbocycles. The van der Waals surface area contributed by atoms with Gasteiger partial charge in [-0.3, -0.25) is 0 Å². The van der Waals surface area contributed by atoms with Gasteiger partial charge in [-0.15, -0.1) is 5.10 Å². The third-order valence-corrected chi connectivity index (χ3v) is 5.18. The molecule has 7 heteroatoms. The number of ether oxygens (including phenoxy) is 2. The van der Waals surface area contributed by atoms with Crippen molar-refractivity contribution in [2.24, 2.45) is 7.05 Å². The Bertz CT molecular complexity index is 1070. The van der Waals surface area contributed by atoms with Gasteiger partial charge in [-0.05, 0) is 52.9 Å². The lowest BCUT2D eigenvalue weighted by molar-refractivity contribution is 0.0595. The van der Waals surface area contributed by atoms with Crippen molar-refractivity contribution in [2.45, 2.75) is 6.61 Å². The monoisotopic (exact) mass is 462 g/mol. The van der Waals surface area contributed by atoms with Crippen LogP contribution >= 0.6 is 22.6 Å². The molecule has 0 aliphatic heterocycles. The number of rotatable bonds is 6. The first kappa shape index (κ1) is 17.4. The topological polar surface area (TPSA) is 53.6 Å². The van der Waals surface area contributed by atoms with Crippen LogP contribution < -0.4 is 0 Å². The summed E-state index contributed by atoms with van der Waals surface area (Å²) in [4.78, 5) is 4.69. The molecule has 3 heterocycles. The average molecular weight is 462 g/mol. The molecule has 0 amide bonds. The third-order valence-electron chi connectivity index (χ3n) is 4.32. The van der Waals surface area contributed by atoms with Crippen molar-refractivity contribution in [1.29, 1.82) is 0 Å². The summed E-state index contributed by atoms with van der Waals surface area (Å²) in [5, 5.41) is 5.93. The molecule has 0 unspecified atom stereocenters. The zero-order valence-corrected chi connectivity index (χ0v) is 16.8. The first-order chi connectivity index (χ1) is 12.7. The molecule has 3 aromatic heterocycles. The molecule has 4 aromatic rings. The zero-order valence-electron chi connectivity index (χ0n) is 14.6. The number of pyridine rings is 1. The Kier molecular flexibility index (Phi) is 4.92. The predicted octanol–water partition coefficient (Wildman–Crippen LogP) is 3.66. The number of fused-ring (bicyclic) bond motifs is 2. The van der Waals surface area contributed by atoms with E-state index in [1.807, 2.05) is 22.7 Å². The van der Waals surface area contributed by atoms with Gasteiger partial charge in [-0.1, -0.05) is 6.07 Å². The van der Waals surface area contributed by atoms with Gasteiger partial charge in [0.25, 0.3) is 0 Å². The number of hydrogen-bond acceptors (Lipinski definition) is 4. The molecule has 6 nitrogen and oxygen atoms in total. The molecule has 0 aliphatic carbocycles. The minimum Gasteiger partial charge on any atom is -0.382 e. The summed E-state index contributed by atoms with van der Waals surface area (Å²) in [6.07, 6.45) is 2.13. The number of hydrogen-bond donors (Lipinski definition) is 0. The largest absolute Gasteiger partial charge is 0.382 e. The van der Waals surface area contributed by atoms with E-state index in [-0.39, 0.29) is 0 Å². The van der Waals surface area contributed by atoms with Crippen molar-refractivity contribution in [1.82, 2.24) is 19.2 Å². The molecule has 0 fully saturated rings. The number of benzene rings is 1. The van der Waals surface area contributed by atoms with Crippen LogP contribution in [0.4, 0.5) is 0 Å². The van der Waals surface area contributed by atoms with E-state index < -0.39 is 0 Å². The molecule has 0 bridgehead atoms. The Hall–Kier alpha value is -1.97. The Morgan fingerprint density at radius 3 is 2.88 bits per heavy atom. The van der Waals surface area contributed by atoms with Crippen molar-refractivity contribution < 1.29 is 9.47 Å². The summed E-state index contributed by atoms with van der Waals surface area (Å²) in [6, 6.07) is 12.3. The van der Waals surface area contributed by atoms with E-state index in [2.05, 4.69) is 58.6 Å². The van der Waals surface area contributed by atoms with Gasteiger partial charge in [0, 0.05) is 40.4 Å². The van der Waals surface area contributed by atoms with Gasteiger partial charge >= 0.3 is 0 Å². The van der Waals surface area contributed by atoms with Crippen LogP contribution in [0.15, 0.2) is 42.6 Å². The number of nitrogens with zero attached hydrogens (tertiary/aromatic N) is 4. The second-order valence-electron chi connectivity index (χ2n) is 6.09. The van der Waals surface area contributed by atoms with Crippen molar-refractivity contribution in [2.75, 3.05) is 20.3 Å². The zero-order chi connectivity index (χ0) is 18.1. The van der Waals surface area contributed by atoms with E-state index in [1.165, 1.54) is 14.5 Å². The fourth-order valence-corrected chi connectivity index (χ4v) is 3.84. The maximum atomic E-state index is 5.64. The van der Waals surface area contributed by atoms with Gasteiger partial charge < -0.3 is 14.0 Å². The molecule has 0 spiro atoms. The van der Waals surface area contributed by atoms with Gasteiger partial charge in [0.1, 0.15) is 0 Å². The average Bonchev–Trinajstić information content (AvgIpc) is 3.20. The molecule has 0 N–H and O–H groups in total. The maximum Gasteiger partial charge on any atom is 0.182 e. The minimum atomic E-state index is 0.471. The van der Waals surface area contributed by atoms with Crippen LogP contribution in [0.25, 0.3) is 27.9 Å². The lowest BCUT2D eigenvalue weighted by Gasteiger charge is -2.05. The van der Waals surface area contributed by atoms with E-state index in [1.54, 1.807) is 7.11 Å². The summed E-state index contributed by atoms with van der Waals surface area (Å²) in [7, 11) is 3.72. The van der Waals surface area contributed by atoms with E-state index >= 15 is 0 Å². The van der Waals surface area contributed by atoms with Crippen LogP contribution in [0.2, 0.25) is 0 Å². The summed E-state index contributed by atoms with van der Waals surface area (Å²) in [5.74, 6) is 0.718.